The van der Waals surface area contributed by atoms with Crippen LogP contribution in [0.15, 0.2) is 0 Å². The maximum absolute atomic E-state index is 11.4. The number of hydrogen-bond acceptors (Lipinski definition) is 6. The molecule has 0 aliphatic rings. The van der Waals surface area contributed by atoms with Gasteiger partial charge in [-0.1, -0.05) is 0 Å². The van der Waals surface area contributed by atoms with Crippen LogP contribution in [0, 0.1) is 0 Å². The molecule has 18 heavy (non-hydrogen) atoms. The molecule has 2 N–H and O–H groups in total. The first-order valence-electron chi connectivity index (χ1n) is 5.39. The summed E-state index contributed by atoms with van der Waals surface area (Å²) in [7, 11) is 1.13. The Kier molecular flexibility index (Phi) is 6.32. The van der Waals surface area contributed by atoms with Crippen molar-refractivity contribution >= 4 is 17.8 Å². The van der Waals surface area contributed by atoms with Crippen LogP contribution in [0.4, 0.5) is 4.79 Å². The molecule has 0 fully saturated rings. The number of rotatable bonds is 5. The molecule has 0 aromatic rings. The molecule has 0 saturated carbocycles. The molecule has 0 rings (SSSR count). The van der Waals surface area contributed by atoms with E-state index in [1.54, 1.807) is 20.8 Å². The monoisotopic (exact) mass is 261 g/mol. The average Bonchev–Trinajstić information content (AvgIpc) is 2.24. The summed E-state index contributed by atoms with van der Waals surface area (Å²) in [6, 6.07) is -1.16. The predicted molar refractivity (Wildman–Crippen MR) is 61.9 cm³/mol. The number of amides is 1. The van der Waals surface area contributed by atoms with E-state index in [0.29, 0.717) is 0 Å². The summed E-state index contributed by atoms with van der Waals surface area (Å²) >= 11 is 0. The second-order valence-corrected chi connectivity index (χ2v) is 4.62. The molecule has 104 valence electrons. The summed E-state index contributed by atoms with van der Waals surface area (Å²) < 4.78 is 9.39. The number of hydrogen-bond donors (Lipinski definition) is 2. The van der Waals surface area contributed by atoms with Crippen molar-refractivity contribution in [2.24, 2.45) is 0 Å². The Morgan fingerprint density at radius 1 is 1.28 bits per heavy atom. The zero-order valence-electron chi connectivity index (χ0n) is 11.0. The smallest absolute Gasteiger partial charge is 0.408 e. The van der Waals surface area contributed by atoms with E-state index in [4.69, 9.17) is 9.84 Å². The predicted octanol–water partition coefficient (Wildman–Crippen LogP) is 0.00420. The van der Waals surface area contributed by atoms with Gasteiger partial charge < -0.3 is 19.9 Å². The third-order valence-electron chi connectivity index (χ3n) is 1.78. The van der Waals surface area contributed by atoms with Crippen LogP contribution in [0.3, 0.4) is 0 Å². The van der Waals surface area contributed by atoms with Crippen LogP contribution in [0.25, 0.3) is 0 Å². The molecule has 0 bridgehead atoms. The molecule has 1 amide bonds. The molecule has 0 unspecified atom stereocenters. The number of esters is 1. The topological polar surface area (TPSA) is 102 Å². The van der Waals surface area contributed by atoms with E-state index in [1.807, 2.05) is 0 Å². The van der Waals surface area contributed by atoms with Crippen LogP contribution in [0.5, 0.6) is 0 Å². The van der Waals surface area contributed by atoms with E-state index in [1.165, 1.54) is 0 Å². The van der Waals surface area contributed by atoms with Gasteiger partial charge in [0, 0.05) is 6.42 Å². The largest absolute Gasteiger partial charge is 0.467 e. The Hall–Kier alpha value is -1.63. The number of carbonyl (C=O) groups is 3. The van der Waals surface area contributed by atoms with Crippen molar-refractivity contribution in [2.45, 2.75) is 38.8 Å². The van der Waals surface area contributed by atoms with Crippen molar-refractivity contribution in [1.82, 2.24) is 5.32 Å². The molecule has 0 aliphatic carbocycles. The van der Waals surface area contributed by atoms with Gasteiger partial charge in [-0.2, -0.15) is 0 Å². The van der Waals surface area contributed by atoms with Crippen LogP contribution in [0.1, 0.15) is 27.2 Å². The minimum Gasteiger partial charge on any atom is -0.467 e. The van der Waals surface area contributed by atoms with Gasteiger partial charge in [0.2, 0.25) is 0 Å². The van der Waals surface area contributed by atoms with Crippen molar-refractivity contribution in [3.63, 3.8) is 0 Å². The zero-order chi connectivity index (χ0) is 14.3. The summed E-state index contributed by atoms with van der Waals surface area (Å²) in [5.74, 6) is -1.36. The molecule has 1 atom stereocenters. The molecule has 0 spiro atoms. The summed E-state index contributed by atoms with van der Waals surface area (Å²) in [5.41, 5.74) is -0.717. The normalized spacial score (nSPS) is 12.5. The Morgan fingerprint density at radius 2 is 1.83 bits per heavy atom. The number of ether oxygens (including phenoxy) is 2. The molecule has 7 nitrogen and oxygen atoms in total. The second kappa shape index (κ2) is 6.95. The van der Waals surface area contributed by atoms with E-state index < -0.39 is 36.1 Å². The first-order chi connectivity index (χ1) is 8.19. The minimum absolute atomic E-state index is 0.345. The van der Waals surface area contributed by atoms with Crippen molar-refractivity contribution < 1.29 is 29.0 Å². The van der Waals surface area contributed by atoms with Gasteiger partial charge in [0.1, 0.15) is 18.2 Å². The molecule has 0 radical (unpaired) electrons. The van der Waals surface area contributed by atoms with Gasteiger partial charge >= 0.3 is 12.1 Å². The number of carbonyl (C=O) groups excluding carboxylic acids is 3. The third kappa shape index (κ3) is 6.85. The number of aliphatic hydroxyl groups is 1. The first kappa shape index (κ1) is 16.4. The summed E-state index contributed by atoms with van der Waals surface area (Å²) in [4.78, 5) is 33.8. The van der Waals surface area contributed by atoms with Gasteiger partial charge in [0.25, 0.3) is 0 Å². The fourth-order valence-electron chi connectivity index (χ4n) is 1.08. The minimum atomic E-state index is -1.16. The molecule has 0 aromatic carbocycles. The van der Waals surface area contributed by atoms with Gasteiger partial charge in [-0.15, -0.1) is 0 Å². The highest BCUT2D eigenvalue weighted by Crippen LogP contribution is 2.07. The zero-order valence-corrected chi connectivity index (χ0v) is 11.0. The van der Waals surface area contributed by atoms with Crippen LogP contribution >= 0.6 is 0 Å². The lowest BCUT2D eigenvalue weighted by Crippen LogP contribution is -2.45. The Morgan fingerprint density at radius 3 is 2.22 bits per heavy atom. The molecule has 0 saturated heterocycles. The van der Waals surface area contributed by atoms with Crippen molar-refractivity contribution in [2.75, 3.05) is 13.7 Å². The maximum Gasteiger partial charge on any atom is 0.408 e. The lowest BCUT2D eigenvalue weighted by molar-refractivity contribution is -0.144. The van der Waals surface area contributed by atoms with E-state index in [0.717, 1.165) is 7.11 Å². The Bertz CT molecular complexity index is 320. The van der Waals surface area contributed by atoms with E-state index in [9.17, 15) is 14.4 Å². The molecule has 7 heteroatoms. The molecular weight excluding hydrogens is 242 g/mol. The van der Waals surface area contributed by atoms with Crippen LogP contribution in [0.2, 0.25) is 0 Å². The van der Waals surface area contributed by atoms with Crippen LogP contribution < -0.4 is 5.32 Å². The molecule has 0 aromatic heterocycles. The maximum atomic E-state index is 11.4. The van der Waals surface area contributed by atoms with Crippen LogP contribution in [-0.4, -0.2) is 48.3 Å². The summed E-state index contributed by atoms with van der Waals surface area (Å²) in [6.07, 6.45) is -1.17. The number of alkyl carbamates (subject to hydrolysis) is 1. The van der Waals surface area contributed by atoms with E-state index in [2.05, 4.69) is 10.1 Å². The Labute approximate surface area is 105 Å². The van der Waals surface area contributed by atoms with Gasteiger partial charge in [0.05, 0.1) is 7.11 Å². The lowest BCUT2D eigenvalue weighted by atomic mass is 10.1. The first-order valence-corrected chi connectivity index (χ1v) is 5.39. The standard InChI is InChI=1S/C11H19NO6/c1-11(2,3)18-10(16)12-8(9(15)17-4)5-7(14)6-13/h8,13H,5-6H2,1-4H3,(H,12,16)/t8-/m0/s1. The number of Topliss-reactive ketones (excluding diaryl/α,β-unsaturated/α-hetero) is 1. The highest BCUT2D eigenvalue weighted by molar-refractivity contribution is 5.89. The summed E-state index contributed by atoms with van der Waals surface area (Å²) in [6.45, 7) is 4.29. The quantitative estimate of drug-likeness (QED) is 0.676. The highest BCUT2D eigenvalue weighted by atomic mass is 16.6. The SMILES string of the molecule is COC(=O)[C@H](CC(=O)CO)NC(=O)OC(C)(C)C. The highest BCUT2D eigenvalue weighted by Gasteiger charge is 2.26. The third-order valence-corrected chi connectivity index (χ3v) is 1.78. The van der Waals surface area contributed by atoms with Crippen molar-refractivity contribution in [3.05, 3.63) is 0 Å². The number of methoxy groups -OCH3 is 1. The summed E-state index contributed by atoms with van der Waals surface area (Å²) in [5, 5.41) is 10.8. The van der Waals surface area contributed by atoms with Gasteiger partial charge in [0.15, 0.2) is 5.78 Å². The molecular formula is C11H19NO6. The second-order valence-electron chi connectivity index (χ2n) is 4.62. The fourth-order valence-corrected chi connectivity index (χ4v) is 1.08. The molecule has 0 aliphatic heterocycles. The molecule has 0 heterocycles. The number of nitrogens with one attached hydrogen (secondary N) is 1. The van der Waals surface area contributed by atoms with Crippen molar-refractivity contribution in [1.29, 1.82) is 0 Å². The van der Waals surface area contributed by atoms with E-state index in [-0.39, 0.29) is 6.42 Å². The van der Waals surface area contributed by atoms with Crippen LogP contribution in [-0.2, 0) is 19.1 Å². The lowest BCUT2D eigenvalue weighted by Gasteiger charge is -2.22. The van der Waals surface area contributed by atoms with Crippen molar-refractivity contribution in [3.8, 4) is 0 Å². The Balaban J connectivity index is 4.55. The average molecular weight is 261 g/mol. The fraction of sp³-hybridized carbons (Fsp3) is 0.727. The number of aliphatic hydroxyl groups excluding tert-OH is 1. The van der Waals surface area contributed by atoms with E-state index >= 15 is 0 Å². The van der Waals surface area contributed by atoms with Gasteiger partial charge in [-0.3, -0.25) is 4.79 Å². The van der Waals surface area contributed by atoms with Gasteiger partial charge in [-0.05, 0) is 20.8 Å². The van der Waals surface area contributed by atoms with Gasteiger partial charge in [-0.25, -0.2) is 9.59 Å². The number of ketones is 1.